The van der Waals surface area contributed by atoms with Gasteiger partial charge in [-0.15, -0.1) is 0 Å². The quantitative estimate of drug-likeness (QED) is 0.568. The molecule has 5 heterocycles. The lowest BCUT2D eigenvalue weighted by Gasteiger charge is -2.29. The Hall–Kier alpha value is -3.13. The second-order valence-corrected chi connectivity index (χ2v) is 7.74. The number of hydrogen-bond donors (Lipinski definition) is 1. The van der Waals surface area contributed by atoms with Crippen molar-refractivity contribution in [1.29, 1.82) is 0 Å². The highest BCUT2D eigenvalue weighted by molar-refractivity contribution is 5.78. The first kappa shape index (κ1) is 17.9. The Bertz CT molecular complexity index is 1290. The maximum atomic E-state index is 14.4. The largest absolute Gasteiger partial charge is 0.314 e. The summed E-state index contributed by atoms with van der Waals surface area (Å²) in [5.41, 5.74) is 2.01. The molecule has 0 aromatic carbocycles. The summed E-state index contributed by atoms with van der Waals surface area (Å²) in [4.78, 5) is 26.1. The van der Waals surface area contributed by atoms with Gasteiger partial charge < -0.3 is 14.3 Å². The van der Waals surface area contributed by atoms with Crippen molar-refractivity contribution < 1.29 is 4.39 Å². The first-order valence-corrected chi connectivity index (χ1v) is 9.76. The summed E-state index contributed by atoms with van der Waals surface area (Å²) in [6, 6.07) is 3.77. The van der Waals surface area contributed by atoms with Crippen molar-refractivity contribution >= 4 is 16.6 Å². The number of aryl methyl sites for hydroxylation is 1. The standard InChI is InChI=1S/C21H21FN6O/c1-12-7-15(3-5-23-12)28-6-4-18-16(21(28)29)9-24-19(26-18)14-8-17(22)20-25-13(2)10-27(20)11-14/h4,6,8-12,15,23H,3,5,7H2,1-2H3/t12-,15-/m0/s1. The molecule has 29 heavy (non-hydrogen) atoms. The molecule has 4 aromatic rings. The molecule has 0 aliphatic carbocycles. The molecule has 0 amide bonds. The van der Waals surface area contributed by atoms with Crippen molar-refractivity contribution in [3.63, 3.8) is 0 Å². The molecule has 148 valence electrons. The number of rotatable bonds is 2. The lowest BCUT2D eigenvalue weighted by atomic mass is 10.00. The topological polar surface area (TPSA) is 77.1 Å². The molecule has 0 unspecified atom stereocenters. The van der Waals surface area contributed by atoms with E-state index in [0.29, 0.717) is 28.3 Å². The predicted molar refractivity (Wildman–Crippen MR) is 108 cm³/mol. The van der Waals surface area contributed by atoms with Gasteiger partial charge in [0, 0.05) is 42.4 Å². The van der Waals surface area contributed by atoms with Crippen LogP contribution in [0, 0.1) is 12.7 Å². The molecular weight excluding hydrogens is 371 g/mol. The minimum absolute atomic E-state index is 0.0833. The smallest absolute Gasteiger partial charge is 0.261 e. The molecule has 1 fully saturated rings. The molecule has 2 atom stereocenters. The van der Waals surface area contributed by atoms with Crippen LogP contribution in [0.5, 0.6) is 0 Å². The van der Waals surface area contributed by atoms with E-state index in [1.165, 1.54) is 6.07 Å². The van der Waals surface area contributed by atoms with Crippen LogP contribution in [0.3, 0.4) is 0 Å². The summed E-state index contributed by atoms with van der Waals surface area (Å²) in [5, 5.41) is 3.88. The third-order valence-electron chi connectivity index (χ3n) is 5.55. The number of piperidine rings is 1. The molecule has 0 radical (unpaired) electrons. The van der Waals surface area contributed by atoms with E-state index in [-0.39, 0.29) is 17.2 Å². The highest BCUT2D eigenvalue weighted by Gasteiger charge is 2.21. The van der Waals surface area contributed by atoms with Gasteiger partial charge >= 0.3 is 0 Å². The number of hydrogen-bond acceptors (Lipinski definition) is 5. The van der Waals surface area contributed by atoms with E-state index in [1.54, 1.807) is 27.6 Å². The fraction of sp³-hybridized carbons (Fsp3) is 0.333. The number of fused-ring (bicyclic) bond motifs is 2. The molecule has 1 saturated heterocycles. The van der Waals surface area contributed by atoms with Crippen LogP contribution in [0.1, 0.15) is 31.5 Å². The SMILES string of the molecule is Cc1cn2cc(-c3ncc4c(=O)n([C@H]5CCN[C@@H](C)C5)ccc4n3)cc(F)c2n1. The molecule has 7 nitrogen and oxygen atoms in total. The van der Waals surface area contributed by atoms with Crippen molar-refractivity contribution in [2.75, 3.05) is 6.54 Å². The number of imidazole rings is 1. The first-order chi connectivity index (χ1) is 14.0. The number of aromatic nitrogens is 5. The molecule has 8 heteroatoms. The summed E-state index contributed by atoms with van der Waals surface area (Å²) >= 11 is 0. The van der Waals surface area contributed by atoms with Crippen LogP contribution < -0.4 is 10.9 Å². The predicted octanol–water partition coefficient (Wildman–Crippen LogP) is 2.87. The van der Waals surface area contributed by atoms with Crippen LogP contribution in [-0.2, 0) is 0 Å². The van der Waals surface area contributed by atoms with Gasteiger partial charge in [0.1, 0.15) is 0 Å². The maximum absolute atomic E-state index is 14.4. The molecule has 4 aromatic heterocycles. The van der Waals surface area contributed by atoms with Crippen LogP contribution in [-0.4, -0.2) is 36.5 Å². The minimum atomic E-state index is -0.435. The Morgan fingerprint density at radius 3 is 2.97 bits per heavy atom. The lowest BCUT2D eigenvalue weighted by Crippen LogP contribution is -2.39. The summed E-state index contributed by atoms with van der Waals surface area (Å²) in [7, 11) is 0. The number of nitrogens with zero attached hydrogens (tertiary/aromatic N) is 5. The van der Waals surface area contributed by atoms with E-state index in [0.717, 1.165) is 25.1 Å². The van der Waals surface area contributed by atoms with Crippen LogP contribution in [0.25, 0.3) is 27.9 Å². The van der Waals surface area contributed by atoms with Crippen molar-refractivity contribution in [1.82, 2.24) is 29.2 Å². The maximum Gasteiger partial charge on any atom is 0.261 e. The van der Waals surface area contributed by atoms with E-state index < -0.39 is 5.82 Å². The summed E-state index contributed by atoms with van der Waals surface area (Å²) in [5.74, 6) is -0.0629. The zero-order chi connectivity index (χ0) is 20.1. The summed E-state index contributed by atoms with van der Waals surface area (Å²) in [6.07, 6.45) is 8.68. The van der Waals surface area contributed by atoms with Crippen molar-refractivity contribution in [2.45, 2.75) is 38.8 Å². The number of pyridine rings is 2. The molecule has 0 saturated carbocycles. The van der Waals surface area contributed by atoms with E-state index >= 15 is 0 Å². The van der Waals surface area contributed by atoms with Crippen LogP contribution in [0.4, 0.5) is 4.39 Å². The Kier molecular flexibility index (Phi) is 4.16. The highest BCUT2D eigenvalue weighted by atomic mass is 19.1. The second kappa shape index (κ2) is 6.73. The Morgan fingerprint density at radius 1 is 1.28 bits per heavy atom. The minimum Gasteiger partial charge on any atom is -0.314 e. The molecule has 0 bridgehead atoms. The van der Waals surface area contributed by atoms with Crippen molar-refractivity contribution in [3.05, 3.63) is 58.8 Å². The van der Waals surface area contributed by atoms with Gasteiger partial charge in [-0.3, -0.25) is 4.79 Å². The Labute approximate surface area is 166 Å². The first-order valence-electron chi connectivity index (χ1n) is 9.76. The molecule has 1 aliphatic rings. The fourth-order valence-electron chi connectivity index (χ4n) is 4.13. The summed E-state index contributed by atoms with van der Waals surface area (Å²) in [6.45, 7) is 4.84. The van der Waals surface area contributed by atoms with Gasteiger partial charge in [-0.05, 0) is 45.4 Å². The summed E-state index contributed by atoms with van der Waals surface area (Å²) < 4.78 is 17.8. The van der Waals surface area contributed by atoms with Gasteiger partial charge in [-0.25, -0.2) is 19.3 Å². The van der Waals surface area contributed by atoms with Gasteiger partial charge in [0.05, 0.1) is 16.6 Å². The van der Waals surface area contributed by atoms with Gasteiger partial charge in [0.15, 0.2) is 17.3 Å². The van der Waals surface area contributed by atoms with E-state index in [9.17, 15) is 9.18 Å². The zero-order valence-electron chi connectivity index (χ0n) is 16.3. The van der Waals surface area contributed by atoms with Gasteiger partial charge in [-0.1, -0.05) is 0 Å². The average molecular weight is 392 g/mol. The monoisotopic (exact) mass is 392 g/mol. The van der Waals surface area contributed by atoms with E-state index in [1.807, 2.05) is 19.2 Å². The van der Waals surface area contributed by atoms with Crippen molar-refractivity contribution in [2.24, 2.45) is 0 Å². The normalized spacial score (nSPS) is 19.8. The highest BCUT2D eigenvalue weighted by Crippen LogP contribution is 2.23. The Morgan fingerprint density at radius 2 is 2.14 bits per heavy atom. The Balaban J connectivity index is 1.58. The second-order valence-electron chi connectivity index (χ2n) is 7.74. The fourth-order valence-corrected chi connectivity index (χ4v) is 4.13. The molecule has 1 N–H and O–H groups in total. The molecule has 1 aliphatic heterocycles. The molecular formula is C21H21FN6O. The molecule has 5 rings (SSSR count). The zero-order valence-corrected chi connectivity index (χ0v) is 16.3. The van der Waals surface area contributed by atoms with Crippen LogP contribution in [0.2, 0.25) is 0 Å². The lowest BCUT2D eigenvalue weighted by molar-refractivity contribution is 0.309. The third kappa shape index (κ3) is 3.09. The van der Waals surface area contributed by atoms with E-state index in [2.05, 4.69) is 27.2 Å². The molecule has 0 spiro atoms. The van der Waals surface area contributed by atoms with Crippen LogP contribution in [0.15, 0.2) is 41.7 Å². The van der Waals surface area contributed by atoms with Gasteiger partial charge in [0.25, 0.3) is 5.56 Å². The number of halogens is 1. The number of nitrogens with one attached hydrogen (secondary N) is 1. The van der Waals surface area contributed by atoms with Gasteiger partial charge in [-0.2, -0.15) is 0 Å². The van der Waals surface area contributed by atoms with Crippen molar-refractivity contribution in [3.8, 4) is 11.4 Å². The van der Waals surface area contributed by atoms with Crippen LogP contribution >= 0.6 is 0 Å². The third-order valence-corrected chi connectivity index (χ3v) is 5.55. The van der Waals surface area contributed by atoms with E-state index in [4.69, 9.17) is 0 Å². The average Bonchev–Trinajstić information content (AvgIpc) is 3.09. The van der Waals surface area contributed by atoms with Gasteiger partial charge in [0.2, 0.25) is 0 Å².